The molecule has 180 valence electrons. The van der Waals surface area contributed by atoms with Gasteiger partial charge in [0.1, 0.15) is 28.7 Å². The van der Waals surface area contributed by atoms with Crippen molar-refractivity contribution in [1.29, 1.82) is 0 Å². The number of hydrogen-bond donors (Lipinski definition) is 0. The van der Waals surface area contributed by atoms with E-state index < -0.39 is 11.6 Å². The molecule has 4 aromatic rings. The molecular weight excluding hydrogens is 454 g/mol. The summed E-state index contributed by atoms with van der Waals surface area (Å²) in [7, 11) is 0. The Kier molecular flexibility index (Phi) is 5.49. The van der Waals surface area contributed by atoms with Gasteiger partial charge in [-0.25, -0.2) is 28.7 Å². The molecule has 0 amide bonds. The third-order valence-corrected chi connectivity index (χ3v) is 6.78. The molecule has 10 heteroatoms. The molecule has 2 aliphatic heterocycles. The van der Waals surface area contributed by atoms with Gasteiger partial charge in [-0.3, -0.25) is 4.68 Å². The van der Waals surface area contributed by atoms with Crippen LogP contribution < -0.4 is 0 Å². The number of ether oxygens (including phenoxy) is 2. The minimum atomic E-state index is -0.701. The Hall–Kier alpha value is -3.37. The average molecular weight is 479 g/mol. The minimum absolute atomic E-state index is 0.0285. The SMILES string of the molecule is Cc1nc2nc([C@H]3CCO[C@H](c4cnn(C5COC5)c4)C3)nc(-c3ccc(F)cc3F)c2nc1C. The predicted octanol–water partition coefficient (Wildman–Crippen LogP) is 4.38. The Labute approximate surface area is 200 Å². The van der Waals surface area contributed by atoms with Crippen molar-refractivity contribution in [2.24, 2.45) is 0 Å². The van der Waals surface area contributed by atoms with E-state index in [4.69, 9.17) is 19.4 Å². The largest absolute Gasteiger partial charge is 0.377 e. The lowest BCUT2D eigenvalue weighted by Gasteiger charge is -2.29. The summed E-state index contributed by atoms with van der Waals surface area (Å²) >= 11 is 0. The molecule has 2 aliphatic rings. The van der Waals surface area contributed by atoms with Gasteiger partial charge in [0, 0.05) is 35.9 Å². The maximum Gasteiger partial charge on any atom is 0.182 e. The molecule has 6 rings (SSSR count). The van der Waals surface area contributed by atoms with Gasteiger partial charge in [-0.1, -0.05) is 0 Å². The van der Waals surface area contributed by atoms with Crippen molar-refractivity contribution in [1.82, 2.24) is 29.7 Å². The number of aryl methyl sites for hydroxylation is 2. The Bertz CT molecular complexity index is 1420. The zero-order chi connectivity index (χ0) is 24.1. The van der Waals surface area contributed by atoms with E-state index in [1.54, 1.807) is 0 Å². The normalized spacial score (nSPS) is 20.8. The molecule has 0 saturated carbocycles. The van der Waals surface area contributed by atoms with Gasteiger partial charge in [0.15, 0.2) is 5.65 Å². The summed E-state index contributed by atoms with van der Waals surface area (Å²) in [4.78, 5) is 18.7. The van der Waals surface area contributed by atoms with Crippen molar-refractivity contribution in [3.63, 3.8) is 0 Å². The van der Waals surface area contributed by atoms with E-state index in [2.05, 4.69) is 15.1 Å². The minimum Gasteiger partial charge on any atom is -0.377 e. The lowest BCUT2D eigenvalue weighted by Crippen LogP contribution is -2.30. The molecule has 0 unspecified atom stereocenters. The molecule has 0 spiro atoms. The Morgan fingerprint density at radius 2 is 1.86 bits per heavy atom. The first-order chi connectivity index (χ1) is 17.0. The van der Waals surface area contributed by atoms with Crippen molar-refractivity contribution in [3.05, 3.63) is 65.0 Å². The maximum absolute atomic E-state index is 14.8. The van der Waals surface area contributed by atoms with Crippen LogP contribution in [0.1, 0.15) is 53.7 Å². The third-order valence-electron chi connectivity index (χ3n) is 6.78. The second-order valence-electron chi connectivity index (χ2n) is 9.15. The van der Waals surface area contributed by atoms with Gasteiger partial charge in [0.05, 0.1) is 42.9 Å². The zero-order valence-corrected chi connectivity index (χ0v) is 19.4. The van der Waals surface area contributed by atoms with Gasteiger partial charge in [-0.05, 0) is 38.8 Å². The molecule has 0 radical (unpaired) electrons. The van der Waals surface area contributed by atoms with E-state index in [0.29, 0.717) is 54.6 Å². The lowest BCUT2D eigenvalue weighted by molar-refractivity contribution is -0.0290. The Morgan fingerprint density at radius 1 is 1.03 bits per heavy atom. The number of halogens is 2. The monoisotopic (exact) mass is 478 g/mol. The quantitative estimate of drug-likeness (QED) is 0.430. The first kappa shape index (κ1) is 22.1. The summed E-state index contributed by atoms with van der Waals surface area (Å²) in [5.41, 5.74) is 3.73. The molecule has 2 saturated heterocycles. The third kappa shape index (κ3) is 4.06. The van der Waals surface area contributed by atoms with Crippen molar-refractivity contribution in [2.45, 2.75) is 44.8 Å². The number of aromatic nitrogens is 6. The summed E-state index contributed by atoms with van der Waals surface area (Å²) in [5.74, 6) is -0.821. The number of hydrogen-bond acceptors (Lipinski definition) is 7. The van der Waals surface area contributed by atoms with Gasteiger partial charge in [0.25, 0.3) is 0 Å². The molecule has 2 fully saturated rings. The molecule has 0 bridgehead atoms. The summed E-state index contributed by atoms with van der Waals surface area (Å²) in [6.07, 6.45) is 5.07. The van der Waals surface area contributed by atoms with Crippen LogP contribution in [-0.2, 0) is 9.47 Å². The zero-order valence-electron chi connectivity index (χ0n) is 19.4. The second-order valence-corrected chi connectivity index (χ2v) is 9.15. The summed E-state index contributed by atoms with van der Waals surface area (Å²) in [6, 6.07) is 3.73. The van der Waals surface area contributed by atoms with E-state index >= 15 is 0 Å². The van der Waals surface area contributed by atoms with Gasteiger partial charge in [-0.15, -0.1) is 0 Å². The van der Waals surface area contributed by atoms with Crippen LogP contribution in [0, 0.1) is 25.5 Å². The van der Waals surface area contributed by atoms with Crippen LogP contribution in [0.15, 0.2) is 30.6 Å². The number of nitrogens with zero attached hydrogens (tertiary/aromatic N) is 6. The van der Waals surface area contributed by atoms with Crippen LogP contribution in [0.5, 0.6) is 0 Å². The highest BCUT2D eigenvalue weighted by molar-refractivity contribution is 5.87. The smallest absolute Gasteiger partial charge is 0.182 e. The van der Waals surface area contributed by atoms with Gasteiger partial charge < -0.3 is 9.47 Å². The average Bonchev–Trinajstić information content (AvgIpc) is 3.28. The fourth-order valence-electron chi connectivity index (χ4n) is 4.54. The molecule has 8 nitrogen and oxygen atoms in total. The topological polar surface area (TPSA) is 87.8 Å². The summed E-state index contributed by atoms with van der Waals surface area (Å²) < 4.78 is 41.7. The highest BCUT2D eigenvalue weighted by atomic mass is 19.1. The standard InChI is InChI=1S/C25H24F2N6O2/c1-13-14(2)30-25-23(29-13)22(19-4-3-17(26)8-20(19)27)31-24(32-25)15-5-6-35-21(7-15)16-9-28-33(10-16)18-11-34-12-18/h3-4,8-10,15,18,21H,5-7,11-12H2,1-2H3/t15-,21-/m0/s1. The van der Waals surface area contributed by atoms with E-state index in [1.807, 2.05) is 30.9 Å². The maximum atomic E-state index is 14.8. The van der Waals surface area contributed by atoms with E-state index in [-0.39, 0.29) is 23.6 Å². The van der Waals surface area contributed by atoms with Crippen LogP contribution in [-0.4, -0.2) is 49.5 Å². The van der Waals surface area contributed by atoms with Crippen LogP contribution in [0.2, 0.25) is 0 Å². The highest BCUT2D eigenvalue weighted by Gasteiger charge is 2.30. The Morgan fingerprint density at radius 3 is 2.63 bits per heavy atom. The first-order valence-electron chi connectivity index (χ1n) is 11.7. The number of rotatable bonds is 4. The van der Waals surface area contributed by atoms with Crippen molar-refractivity contribution < 1.29 is 18.3 Å². The lowest BCUT2D eigenvalue weighted by atomic mass is 9.92. The van der Waals surface area contributed by atoms with Crippen molar-refractivity contribution >= 4 is 11.2 Å². The molecular formula is C25H24F2N6O2. The van der Waals surface area contributed by atoms with Crippen LogP contribution in [0.3, 0.4) is 0 Å². The Balaban J connectivity index is 1.39. The van der Waals surface area contributed by atoms with Crippen molar-refractivity contribution in [2.75, 3.05) is 19.8 Å². The predicted molar refractivity (Wildman–Crippen MR) is 123 cm³/mol. The van der Waals surface area contributed by atoms with E-state index in [0.717, 1.165) is 23.7 Å². The van der Waals surface area contributed by atoms with Crippen LogP contribution in [0.4, 0.5) is 8.78 Å². The number of benzene rings is 1. The van der Waals surface area contributed by atoms with Crippen LogP contribution >= 0.6 is 0 Å². The molecule has 2 atom stereocenters. The fraction of sp³-hybridized carbons (Fsp3) is 0.400. The molecule has 35 heavy (non-hydrogen) atoms. The molecule has 0 aliphatic carbocycles. The summed E-state index contributed by atoms with van der Waals surface area (Å²) in [6.45, 7) is 5.56. The van der Waals surface area contributed by atoms with Gasteiger partial charge >= 0.3 is 0 Å². The van der Waals surface area contributed by atoms with Crippen LogP contribution in [0.25, 0.3) is 22.4 Å². The van der Waals surface area contributed by atoms with E-state index in [1.165, 1.54) is 12.1 Å². The molecule has 1 aromatic carbocycles. The van der Waals surface area contributed by atoms with Gasteiger partial charge in [-0.2, -0.15) is 5.10 Å². The summed E-state index contributed by atoms with van der Waals surface area (Å²) in [5, 5.41) is 4.48. The molecule has 3 aromatic heterocycles. The van der Waals surface area contributed by atoms with E-state index in [9.17, 15) is 8.78 Å². The highest BCUT2D eigenvalue weighted by Crippen LogP contribution is 2.38. The first-order valence-corrected chi connectivity index (χ1v) is 11.7. The number of fused-ring (bicyclic) bond motifs is 1. The fourth-order valence-corrected chi connectivity index (χ4v) is 4.54. The molecule has 5 heterocycles. The van der Waals surface area contributed by atoms with Crippen molar-refractivity contribution in [3.8, 4) is 11.3 Å². The second kappa shape index (κ2) is 8.69. The van der Waals surface area contributed by atoms with Gasteiger partial charge in [0.2, 0.25) is 0 Å². The molecule has 0 N–H and O–H groups in total.